The Labute approximate surface area is 110 Å². The predicted molar refractivity (Wildman–Crippen MR) is 67.1 cm³/mol. The van der Waals surface area contributed by atoms with Crippen LogP contribution in [0, 0.1) is 0 Å². The fourth-order valence-corrected chi connectivity index (χ4v) is 1.59. The van der Waals surface area contributed by atoms with Crippen LogP contribution in [-0.4, -0.2) is 24.6 Å². The van der Waals surface area contributed by atoms with Crippen LogP contribution >= 0.6 is 11.6 Å². The summed E-state index contributed by atoms with van der Waals surface area (Å²) in [6, 6.07) is 4.42. The van der Waals surface area contributed by atoms with Gasteiger partial charge in [-0.25, -0.2) is 4.79 Å². The van der Waals surface area contributed by atoms with Gasteiger partial charge in [-0.3, -0.25) is 9.59 Å². The Morgan fingerprint density at radius 3 is 2.61 bits per heavy atom. The van der Waals surface area contributed by atoms with Crippen molar-refractivity contribution < 1.29 is 19.1 Å². The third kappa shape index (κ3) is 3.17. The Morgan fingerprint density at radius 1 is 1.44 bits per heavy atom. The van der Waals surface area contributed by atoms with E-state index in [0.29, 0.717) is 11.8 Å². The highest BCUT2D eigenvalue weighted by Gasteiger charge is 2.18. The summed E-state index contributed by atoms with van der Waals surface area (Å²) in [5, 5.41) is -0.834. The third-order valence-electron chi connectivity index (χ3n) is 2.35. The zero-order chi connectivity index (χ0) is 13.7. The van der Waals surface area contributed by atoms with Crippen molar-refractivity contribution in [2.24, 2.45) is 0 Å². The molecule has 0 heterocycles. The van der Waals surface area contributed by atoms with E-state index in [1.165, 1.54) is 19.1 Å². The van der Waals surface area contributed by atoms with Crippen molar-refractivity contribution in [3.05, 3.63) is 34.9 Å². The van der Waals surface area contributed by atoms with Crippen molar-refractivity contribution in [3.63, 3.8) is 0 Å². The van der Waals surface area contributed by atoms with Crippen molar-refractivity contribution in [2.45, 2.75) is 19.2 Å². The molecule has 1 aromatic carbocycles. The van der Waals surface area contributed by atoms with Crippen LogP contribution in [0.1, 0.15) is 45.5 Å². The van der Waals surface area contributed by atoms with E-state index in [2.05, 4.69) is 0 Å². The van der Waals surface area contributed by atoms with Crippen molar-refractivity contribution >= 4 is 29.6 Å². The molecule has 0 amide bonds. The first-order valence-electron chi connectivity index (χ1n) is 5.42. The maximum absolute atomic E-state index is 11.7. The smallest absolute Gasteiger partial charge is 0.338 e. The average Bonchev–Trinajstić information content (AvgIpc) is 2.37. The molecule has 1 unspecified atom stereocenters. The zero-order valence-electron chi connectivity index (χ0n) is 10.1. The summed E-state index contributed by atoms with van der Waals surface area (Å²) < 4.78 is 4.84. The fraction of sp³-hybridized carbons (Fsp3) is 0.308. The van der Waals surface area contributed by atoms with Crippen molar-refractivity contribution in [1.82, 2.24) is 0 Å². The van der Waals surface area contributed by atoms with E-state index in [9.17, 15) is 14.4 Å². The van der Waals surface area contributed by atoms with Crippen LogP contribution in [0.25, 0.3) is 0 Å². The summed E-state index contributed by atoms with van der Waals surface area (Å²) in [6.07, 6.45) is 0.563. The number of alkyl halides is 1. The van der Waals surface area contributed by atoms with E-state index in [0.717, 1.165) is 0 Å². The SMILES string of the molecule is CCOC(=O)c1cc(C(Cl)C(C)=O)ccc1C=O. The van der Waals surface area contributed by atoms with E-state index in [-0.39, 0.29) is 23.5 Å². The first kappa shape index (κ1) is 14.4. The molecule has 0 radical (unpaired) electrons. The van der Waals surface area contributed by atoms with Gasteiger partial charge in [-0.15, -0.1) is 11.6 Å². The lowest BCUT2D eigenvalue weighted by Gasteiger charge is -2.10. The molecule has 0 N–H and O–H groups in total. The largest absolute Gasteiger partial charge is 0.462 e. The van der Waals surface area contributed by atoms with E-state index >= 15 is 0 Å². The monoisotopic (exact) mass is 268 g/mol. The predicted octanol–water partition coefficient (Wildman–Crippen LogP) is 2.54. The Balaban J connectivity index is 3.21. The molecule has 0 aliphatic rings. The fourth-order valence-electron chi connectivity index (χ4n) is 1.45. The van der Waals surface area contributed by atoms with Crippen LogP contribution in [-0.2, 0) is 9.53 Å². The second-order valence-corrected chi connectivity index (χ2v) is 4.09. The highest BCUT2D eigenvalue weighted by molar-refractivity contribution is 6.30. The molecule has 0 spiro atoms. The summed E-state index contributed by atoms with van der Waals surface area (Å²) in [7, 11) is 0. The van der Waals surface area contributed by atoms with E-state index < -0.39 is 11.3 Å². The molecule has 0 aliphatic heterocycles. The number of rotatable bonds is 5. The third-order valence-corrected chi connectivity index (χ3v) is 2.91. The quantitative estimate of drug-likeness (QED) is 0.468. The maximum Gasteiger partial charge on any atom is 0.338 e. The molecule has 4 nitrogen and oxygen atoms in total. The molecule has 0 fully saturated rings. The summed E-state index contributed by atoms with van der Waals surface area (Å²) in [6.45, 7) is 3.23. The minimum absolute atomic E-state index is 0.122. The van der Waals surface area contributed by atoms with Crippen LogP contribution < -0.4 is 0 Å². The number of aldehydes is 1. The van der Waals surface area contributed by atoms with Gasteiger partial charge in [-0.1, -0.05) is 12.1 Å². The summed E-state index contributed by atoms with van der Waals surface area (Å²) >= 11 is 5.90. The van der Waals surface area contributed by atoms with Gasteiger partial charge in [0.2, 0.25) is 0 Å². The van der Waals surface area contributed by atoms with Gasteiger partial charge in [-0.05, 0) is 25.5 Å². The van der Waals surface area contributed by atoms with Gasteiger partial charge >= 0.3 is 5.97 Å². The second kappa shape index (κ2) is 6.31. The first-order valence-corrected chi connectivity index (χ1v) is 5.85. The lowest BCUT2D eigenvalue weighted by molar-refractivity contribution is -0.116. The van der Waals surface area contributed by atoms with Gasteiger partial charge in [0, 0.05) is 5.56 Å². The highest BCUT2D eigenvalue weighted by atomic mass is 35.5. The second-order valence-electron chi connectivity index (χ2n) is 3.66. The van der Waals surface area contributed by atoms with E-state index in [4.69, 9.17) is 16.3 Å². The standard InChI is InChI=1S/C13H13ClO4/c1-3-18-13(17)11-6-9(12(14)8(2)16)4-5-10(11)7-15/h4-7,12H,3H2,1-2H3. The number of carbonyl (C=O) groups is 3. The minimum Gasteiger partial charge on any atom is -0.462 e. The van der Waals surface area contributed by atoms with Crippen molar-refractivity contribution in [2.75, 3.05) is 6.61 Å². The lowest BCUT2D eigenvalue weighted by Crippen LogP contribution is -2.10. The van der Waals surface area contributed by atoms with Crippen LogP contribution in [0.2, 0.25) is 0 Å². The van der Waals surface area contributed by atoms with E-state index in [1.54, 1.807) is 13.0 Å². The maximum atomic E-state index is 11.7. The molecule has 0 aromatic heterocycles. The van der Waals surface area contributed by atoms with Crippen molar-refractivity contribution in [3.8, 4) is 0 Å². The number of hydrogen-bond donors (Lipinski definition) is 0. The number of ether oxygens (including phenoxy) is 1. The van der Waals surface area contributed by atoms with Crippen molar-refractivity contribution in [1.29, 1.82) is 0 Å². The molecule has 1 rings (SSSR count). The molecule has 0 saturated carbocycles. The number of Topliss-reactive ketones (excluding diaryl/α,β-unsaturated/α-hetero) is 1. The van der Waals surface area contributed by atoms with Gasteiger partial charge in [0.05, 0.1) is 12.2 Å². The normalized spacial score (nSPS) is 11.7. The topological polar surface area (TPSA) is 60.4 Å². The Kier molecular flexibility index (Phi) is 5.04. The molecule has 0 saturated heterocycles. The number of hydrogen-bond acceptors (Lipinski definition) is 4. The molecule has 5 heteroatoms. The van der Waals surface area contributed by atoms with Gasteiger partial charge in [0.15, 0.2) is 12.1 Å². The molecule has 18 heavy (non-hydrogen) atoms. The zero-order valence-corrected chi connectivity index (χ0v) is 10.9. The molecular formula is C13H13ClO4. The molecule has 96 valence electrons. The van der Waals surface area contributed by atoms with Crippen LogP contribution in [0.4, 0.5) is 0 Å². The number of esters is 1. The molecule has 0 bridgehead atoms. The molecule has 1 aromatic rings. The summed E-state index contributed by atoms with van der Waals surface area (Å²) in [5.41, 5.74) is 0.804. The van der Waals surface area contributed by atoms with Crippen LogP contribution in [0.3, 0.4) is 0 Å². The van der Waals surface area contributed by atoms with Gasteiger partial charge in [0.25, 0.3) is 0 Å². The highest BCUT2D eigenvalue weighted by Crippen LogP contribution is 2.24. The number of carbonyl (C=O) groups excluding carboxylic acids is 3. The molecule has 0 aliphatic carbocycles. The first-order chi connectivity index (χ1) is 8.51. The number of halogens is 1. The Morgan fingerprint density at radius 2 is 2.11 bits per heavy atom. The van der Waals surface area contributed by atoms with Crippen LogP contribution in [0.5, 0.6) is 0 Å². The lowest BCUT2D eigenvalue weighted by atomic mass is 10.0. The number of ketones is 1. The van der Waals surface area contributed by atoms with Crippen LogP contribution in [0.15, 0.2) is 18.2 Å². The average molecular weight is 269 g/mol. The van der Waals surface area contributed by atoms with Gasteiger partial charge in [0.1, 0.15) is 5.38 Å². The Bertz CT molecular complexity index is 482. The molecule has 1 atom stereocenters. The Hall–Kier alpha value is -1.68. The van der Waals surface area contributed by atoms with Gasteiger partial charge in [-0.2, -0.15) is 0 Å². The number of benzene rings is 1. The van der Waals surface area contributed by atoms with E-state index in [1.807, 2.05) is 0 Å². The minimum atomic E-state index is -0.834. The summed E-state index contributed by atoms with van der Waals surface area (Å²) in [5.74, 6) is -0.834. The molecular weight excluding hydrogens is 256 g/mol. The summed E-state index contributed by atoms with van der Waals surface area (Å²) in [4.78, 5) is 33.7. The van der Waals surface area contributed by atoms with Gasteiger partial charge < -0.3 is 4.74 Å².